The number of amides is 1. The summed E-state index contributed by atoms with van der Waals surface area (Å²) in [7, 11) is 0. The van der Waals surface area contributed by atoms with Gasteiger partial charge >= 0.3 is 0 Å². The molecule has 3 heterocycles. The van der Waals surface area contributed by atoms with Gasteiger partial charge in [0.25, 0.3) is 5.91 Å². The van der Waals surface area contributed by atoms with E-state index in [0.717, 1.165) is 52.7 Å². The van der Waals surface area contributed by atoms with Crippen LogP contribution in [-0.4, -0.2) is 28.5 Å². The number of aromatic nitrogens is 1. The molecule has 1 amide bonds. The first-order chi connectivity index (χ1) is 9.70. The SMILES string of the molecule is CCn1c(C(=O)N2CCCCCC2)cc2sc(Cl)cc21. The number of carbonyl (C=O) groups is 1. The van der Waals surface area contributed by atoms with Crippen molar-refractivity contribution in [3.63, 3.8) is 0 Å². The number of fused-ring (bicyclic) bond motifs is 1. The van der Waals surface area contributed by atoms with Gasteiger partial charge in [-0.3, -0.25) is 4.79 Å². The van der Waals surface area contributed by atoms with Gasteiger partial charge < -0.3 is 9.47 Å². The summed E-state index contributed by atoms with van der Waals surface area (Å²) < 4.78 is 3.98. The van der Waals surface area contributed by atoms with Gasteiger partial charge in [0.15, 0.2) is 0 Å². The van der Waals surface area contributed by atoms with E-state index in [0.29, 0.717) is 0 Å². The van der Waals surface area contributed by atoms with Gasteiger partial charge in [0.05, 0.1) is 14.6 Å². The summed E-state index contributed by atoms with van der Waals surface area (Å²) in [6.07, 6.45) is 4.73. The second kappa shape index (κ2) is 5.78. The third-order valence-electron chi connectivity index (χ3n) is 3.99. The Morgan fingerprint density at radius 3 is 2.60 bits per heavy atom. The molecular weight excluding hydrogens is 292 g/mol. The first kappa shape index (κ1) is 14.0. The van der Waals surface area contributed by atoms with E-state index < -0.39 is 0 Å². The molecule has 0 aromatic carbocycles. The number of rotatable bonds is 2. The van der Waals surface area contributed by atoms with Crippen LogP contribution in [-0.2, 0) is 6.54 Å². The van der Waals surface area contributed by atoms with Crippen molar-refractivity contribution in [2.24, 2.45) is 0 Å². The lowest BCUT2D eigenvalue weighted by molar-refractivity contribution is 0.0751. The number of hydrogen-bond acceptors (Lipinski definition) is 2. The van der Waals surface area contributed by atoms with Crippen LogP contribution in [0.4, 0.5) is 0 Å². The second-order valence-corrected chi connectivity index (χ2v) is 7.00. The van der Waals surface area contributed by atoms with Crippen molar-refractivity contribution in [2.75, 3.05) is 13.1 Å². The molecule has 2 aromatic rings. The van der Waals surface area contributed by atoms with Crippen LogP contribution in [0.5, 0.6) is 0 Å². The van der Waals surface area contributed by atoms with Crippen LogP contribution in [0.15, 0.2) is 12.1 Å². The molecule has 0 radical (unpaired) electrons. The fourth-order valence-corrected chi connectivity index (χ4v) is 4.14. The molecule has 1 saturated heterocycles. The number of hydrogen-bond donors (Lipinski definition) is 0. The van der Waals surface area contributed by atoms with Crippen LogP contribution >= 0.6 is 22.9 Å². The lowest BCUT2D eigenvalue weighted by atomic mass is 10.2. The quantitative estimate of drug-likeness (QED) is 0.807. The van der Waals surface area contributed by atoms with Crippen molar-refractivity contribution in [3.05, 3.63) is 22.2 Å². The standard InChI is InChI=1S/C15H19ClN2OS/c1-2-18-11-10-14(16)20-13(11)9-12(18)15(19)17-7-5-3-4-6-8-17/h9-10H,2-8H2,1H3. The normalized spacial score (nSPS) is 16.6. The monoisotopic (exact) mass is 310 g/mol. The lowest BCUT2D eigenvalue weighted by Gasteiger charge is -2.21. The van der Waals surface area contributed by atoms with Gasteiger partial charge in [0.2, 0.25) is 0 Å². The molecule has 1 fully saturated rings. The molecule has 1 aliphatic rings. The number of carbonyl (C=O) groups excluding carboxylic acids is 1. The molecule has 0 bridgehead atoms. The maximum Gasteiger partial charge on any atom is 0.270 e. The van der Waals surface area contributed by atoms with E-state index in [1.807, 2.05) is 17.0 Å². The summed E-state index contributed by atoms with van der Waals surface area (Å²) >= 11 is 7.61. The molecule has 0 N–H and O–H groups in total. The summed E-state index contributed by atoms with van der Waals surface area (Å²) in [5, 5.41) is 0. The van der Waals surface area contributed by atoms with Crippen molar-refractivity contribution in [2.45, 2.75) is 39.2 Å². The van der Waals surface area contributed by atoms with E-state index in [4.69, 9.17) is 11.6 Å². The zero-order chi connectivity index (χ0) is 14.1. The largest absolute Gasteiger partial charge is 0.337 e. The fourth-order valence-electron chi connectivity index (χ4n) is 2.97. The Hall–Kier alpha value is -1.00. The Kier molecular flexibility index (Phi) is 4.03. The van der Waals surface area contributed by atoms with Gasteiger partial charge in [-0.15, -0.1) is 11.3 Å². The molecule has 5 heteroatoms. The van der Waals surface area contributed by atoms with Gasteiger partial charge in [-0.1, -0.05) is 24.4 Å². The topological polar surface area (TPSA) is 25.2 Å². The molecule has 1 aliphatic heterocycles. The van der Waals surface area contributed by atoms with E-state index in [-0.39, 0.29) is 5.91 Å². The van der Waals surface area contributed by atoms with Crippen LogP contribution in [0.2, 0.25) is 4.34 Å². The Bertz CT molecular complexity index is 623. The van der Waals surface area contributed by atoms with Crippen LogP contribution < -0.4 is 0 Å². The maximum absolute atomic E-state index is 12.8. The first-order valence-corrected chi connectivity index (χ1v) is 8.48. The summed E-state index contributed by atoms with van der Waals surface area (Å²) in [5.41, 5.74) is 1.90. The summed E-state index contributed by atoms with van der Waals surface area (Å²) in [5.74, 6) is 0.174. The highest BCUT2D eigenvalue weighted by Crippen LogP contribution is 2.32. The number of halogens is 1. The molecule has 0 saturated carbocycles. The summed E-state index contributed by atoms with van der Waals surface area (Å²) in [6.45, 7) is 4.65. The average molecular weight is 311 g/mol. The maximum atomic E-state index is 12.8. The lowest BCUT2D eigenvalue weighted by Crippen LogP contribution is -2.33. The third-order valence-corrected chi connectivity index (χ3v) is 5.19. The predicted octanol–water partition coefficient (Wildman–Crippen LogP) is 4.39. The Morgan fingerprint density at radius 2 is 1.95 bits per heavy atom. The smallest absolute Gasteiger partial charge is 0.270 e. The van der Waals surface area contributed by atoms with E-state index in [2.05, 4.69) is 11.5 Å². The van der Waals surface area contributed by atoms with Crippen LogP contribution in [0.25, 0.3) is 10.2 Å². The Labute approximate surface area is 128 Å². The van der Waals surface area contributed by atoms with Crippen LogP contribution in [0, 0.1) is 0 Å². The van der Waals surface area contributed by atoms with Crippen molar-refractivity contribution >= 4 is 39.1 Å². The minimum Gasteiger partial charge on any atom is -0.337 e. The predicted molar refractivity (Wildman–Crippen MR) is 84.9 cm³/mol. The van der Waals surface area contributed by atoms with Gasteiger partial charge in [0.1, 0.15) is 5.69 Å². The summed E-state index contributed by atoms with van der Waals surface area (Å²) in [6, 6.07) is 3.97. The molecule has 0 unspecified atom stereocenters. The molecule has 3 rings (SSSR count). The zero-order valence-electron chi connectivity index (χ0n) is 11.7. The van der Waals surface area contributed by atoms with Crippen molar-refractivity contribution < 1.29 is 4.79 Å². The second-order valence-electron chi connectivity index (χ2n) is 5.28. The number of nitrogens with zero attached hydrogens (tertiary/aromatic N) is 2. The highest BCUT2D eigenvalue weighted by Gasteiger charge is 2.22. The van der Waals surface area contributed by atoms with Gasteiger partial charge in [-0.2, -0.15) is 0 Å². The molecule has 20 heavy (non-hydrogen) atoms. The average Bonchev–Trinajstić information content (AvgIpc) is 2.82. The van der Waals surface area contributed by atoms with Gasteiger partial charge in [-0.05, 0) is 31.9 Å². The minimum absolute atomic E-state index is 0.174. The molecular formula is C15H19ClN2OS. The van der Waals surface area contributed by atoms with Crippen molar-refractivity contribution in [1.82, 2.24) is 9.47 Å². The first-order valence-electron chi connectivity index (χ1n) is 7.28. The van der Waals surface area contributed by atoms with Crippen LogP contribution in [0.3, 0.4) is 0 Å². The zero-order valence-corrected chi connectivity index (χ0v) is 13.3. The Morgan fingerprint density at radius 1 is 1.25 bits per heavy atom. The van der Waals surface area contributed by atoms with Gasteiger partial charge in [0, 0.05) is 19.6 Å². The highest BCUT2D eigenvalue weighted by molar-refractivity contribution is 7.22. The van der Waals surface area contributed by atoms with E-state index in [9.17, 15) is 4.79 Å². The van der Waals surface area contributed by atoms with Crippen molar-refractivity contribution in [1.29, 1.82) is 0 Å². The fraction of sp³-hybridized carbons (Fsp3) is 0.533. The van der Waals surface area contributed by atoms with Crippen molar-refractivity contribution in [3.8, 4) is 0 Å². The summed E-state index contributed by atoms with van der Waals surface area (Å²) in [4.78, 5) is 14.8. The molecule has 0 spiro atoms. The minimum atomic E-state index is 0.174. The van der Waals surface area contributed by atoms with E-state index in [1.165, 1.54) is 12.8 Å². The number of likely N-dealkylation sites (tertiary alicyclic amines) is 1. The molecule has 0 aliphatic carbocycles. The Balaban J connectivity index is 1.95. The molecule has 3 nitrogen and oxygen atoms in total. The third kappa shape index (κ3) is 2.47. The van der Waals surface area contributed by atoms with E-state index in [1.54, 1.807) is 11.3 Å². The molecule has 108 valence electrons. The van der Waals surface area contributed by atoms with Crippen LogP contribution in [0.1, 0.15) is 43.1 Å². The number of thiophene rings is 1. The highest BCUT2D eigenvalue weighted by atomic mass is 35.5. The van der Waals surface area contributed by atoms with E-state index >= 15 is 0 Å². The number of aryl methyl sites for hydroxylation is 1. The molecule has 2 aromatic heterocycles. The van der Waals surface area contributed by atoms with Gasteiger partial charge in [-0.25, -0.2) is 0 Å². The molecule has 0 atom stereocenters.